The molecule has 0 heterocycles. The summed E-state index contributed by atoms with van der Waals surface area (Å²) in [7, 11) is 4.17. The van der Waals surface area contributed by atoms with E-state index < -0.39 is 12.0 Å². The highest BCUT2D eigenvalue weighted by atomic mass is 16.4. The number of hydrogen-bond donors (Lipinski definition) is 2. The maximum Gasteiger partial charge on any atom is 0.324 e. The lowest BCUT2D eigenvalue weighted by atomic mass is 9.75. The summed E-state index contributed by atoms with van der Waals surface area (Å²) in [5.41, 5.74) is 0.0778. The van der Waals surface area contributed by atoms with Crippen LogP contribution in [0.2, 0.25) is 0 Å². The zero-order chi connectivity index (χ0) is 13.8. The molecule has 0 amide bonds. The van der Waals surface area contributed by atoms with Gasteiger partial charge in [0, 0.05) is 12.1 Å². The Labute approximate surface area is 110 Å². The van der Waals surface area contributed by atoms with Crippen molar-refractivity contribution < 1.29 is 9.90 Å². The molecule has 18 heavy (non-hydrogen) atoms. The molecule has 0 aromatic carbocycles. The molecule has 2 N–H and O–H groups in total. The number of carboxylic acid groups (broad SMARTS) is 1. The first-order chi connectivity index (χ1) is 8.41. The Balaban J connectivity index is 2.68. The Bertz CT molecular complexity index is 304. The molecule has 4 heteroatoms. The number of likely N-dealkylation sites (N-methyl/N-ethyl adjacent to an activating group) is 1. The van der Waals surface area contributed by atoms with Crippen molar-refractivity contribution >= 4 is 5.97 Å². The van der Waals surface area contributed by atoms with Crippen molar-refractivity contribution in [1.82, 2.24) is 10.2 Å². The summed E-state index contributed by atoms with van der Waals surface area (Å²) in [5.74, 6) is -0.155. The smallest absolute Gasteiger partial charge is 0.324 e. The largest absolute Gasteiger partial charge is 0.480 e. The number of nitrogens with zero attached hydrogens (tertiary/aromatic N) is 1. The van der Waals surface area contributed by atoms with E-state index in [9.17, 15) is 4.79 Å². The van der Waals surface area contributed by atoms with Gasteiger partial charge in [-0.3, -0.25) is 10.1 Å². The molecule has 0 aromatic heterocycles. The normalized spacial score (nSPS) is 30.1. The standard InChI is InChI=1S/C14H26N2O2/c1-5-12(13(17)18)15-10-14(16(3)4)8-6-7-11(2)9-14/h5,11-12,15H,1,6-10H2,2-4H3,(H,17,18). The van der Waals surface area contributed by atoms with E-state index in [0.717, 1.165) is 12.8 Å². The molecule has 1 aliphatic rings. The second kappa shape index (κ2) is 6.34. The van der Waals surface area contributed by atoms with Gasteiger partial charge in [0.25, 0.3) is 0 Å². The third-order valence-corrected chi connectivity index (χ3v) is 4.17. The zero-order valence-corrected chi connectivity index (χ0v) is 11.8. The Hall–Kier alpha value is -0.870. The molecule has 1 fully saturated rings. The Morgan fingerprint density at radius 3 is 2.78 bits per heavy atom. The van der Waals surface area contributed by atoms with E-state index in [1.165, 1.54) is 18.9 Å². The number of aliphatic carboxylic acids is 1. The molecule has 3 atom stereocenters. The van der Waals surface area contributed by atoms with Crippen LogP contribution in [0.3, 0.4) is 0 Å². The first-order valence-electron chi connectivity index (χ1n) is 6.67. The van der Waals surface area contributed by atoms with Crippen LogP contribution in [0.25, 0.3) is 0 Å². The lowest BCUT2D eigenvalue weighted by Crippen LogP contribution is -2.56. The molecule has 1 rings (SSSR count). The predicted molar refractivity (Wildman–Crippen MR) is 73.7 cm³/mol. The molecule has 1 saturated carbocycles. The van der Waals surface area contributed by atoms with Crippen LogP contribution in [0.15, 0.2) is 12.7 Å². The van der Waals surface area contributed by atoms with E-state index >= 15 is 0 Å². The van der Waals surface area contributed by atoms with E-state index in [2.05, 4.69) is 37.8 Å². The third kappa shape index (κ3) is 3.56. The van der Waals surface area contributed by atoms with Gasteiger partial charge in [0.15, 0.2) is 0 Å². The van der Waals surface area contributed by atoms with Gasteiger partial charge in [0.05, 0.1) is 0 Å². The number of nitrogens with one attached hydrogen (secondary N) is 1. The SMILES string of the molecule is C=CC(NCC1(N(C)C)CCCC(C)C1)C(=O)O. The van der Waals surface area contributed by atoms with Crippen LogP contribution < -0.4 is 5.32 Å². The first-order valence-corrected chi connectivity index (χ1v) is 6.67. The van der Waals surface area contributed by atoms with Crippen LogP contribution in [-0.4, -0.2) is 48.2 Å². The van der Waals surface area contributed by atoms with Gasteiger partial charge in [-0.25, -0.2) is 0 Å². The summed E-state index contributed by atoms with van der Waals surface area (Å²) in [4.78, 5) is 13.2. The maximum absolute atomic E-state index is 11.0. The molecule has 0 saturated heterocycles. The summed E-state index contributed by atoms with van der Waals surface area (Å²) < 4.78 is 0. The van der Waals surface area contributed by atoms with Gasteiger partial charge >= 0.3 is 5.97 Å². The van der Waals surface area contributed by atoms with Gasteiger partial charge in [-0.2, -0.15) is 0 Å². The molecular weight excluding hydrogens is 228 g/mol. The van der Waals surface area contributed by atoms with E-state index in [-0.39, 0.29) is 5.54 Å². The van der Waals surface area contributed by atoms with Crippen LogP contribution in [0, 0.1) is 5.92 Å². The van der Waals surface area contributed by atoms with Crippen molar-refractivity contribution in [1.29, 1.82) is 0 Å². The first kappa shape index (κ1) is 15.2. The van der Waals surface area contributed by atoms with Crippen molar-refractivity contribution in [3.05, 3.63) is 12.7 Å². The van der Waals surface area contributed by atoms with Crippen molar-refractivity contribution in [2.24, 2.45) is 5.92 Å². The van der Waals surface area contributed by atoms with Crippen LogP contribution >= 0.6 is 0 Å². The highest BCUT2D eigenvalue weighted by Crippen LogP contribution is 2.35. The molecule has 0 aliphatic heterocycles. The monoisotopic (exact) mass is 254 g/mol. The fraction of sp³-hybridized carbons (Fsp3) is 0.786. The average molecular weight is 254 g/mol. The summed E-state index contributed by atoms with van der Waals surface area (Å²) in [6.45, 7) is 6.55. The molecule has 104 valence electrons. The molecule has 1 aliphatic carbocycles. The minimum Gasteiger partial charge on any atom is -0.480 e. The summed E-state index contributed by atoms with van der Waals surface area (Å²) in [5, 5.41) is 12.2. The zero-order valence-electron chi connectivity index (χ0n) is 11.8. The number of carbonyl (C=O) groups is 1. The van der Waals surface area contributed by atoms with Crippen LogP contribution in [-0.2, 0) is 4.79 Å². The van der Waals surface area contributed by atoms with Gasteiger partial charge in [-0.15, -0.1) is 6.58 Å². The Morgan fingerprint density at radius 2 is 2.33 bits per heavy atom. The maximum atomic E-state index is 11.0. The van der Waals surface area contributed by atoms with Crippen LogP contribution in [0.4, 0.5) is 0 Å². The molecule has 3 unspecified atom stereocenters. The molecular formula is C14H26N2O2. The van der Waals surface area contributed by atoms with Gasteiger partial charge in [-0.05, 0) is 32.9 Å². The van der Waals surface area contributed by atoms with Crippen molar-refractivity contribution in [2.45, 2.75) is 44.2 Å². The minimum absolute atomic E-state index is 0.0778. The van der Waals surface area contributed by atoms with Gasteiger partial charge in [0.1, 0.15) is 6.04 Å². The molecule has 0 radical (unpaired) electrons. The summed E-state index contributed by atoms with van der Waals surface area (Å²) in [6.07, 6.45) is 6.20. The fourth-order valence-electron chi connectivity index (χ4n) is 2.93. The average Bonchev–Trinajstić information content (AvgIpc) is 2.29. The predicted octanol–water partition coefficient (Wildman–Crippen LogP) is 1.73. The molecule has 0 bridgehead atoms. The van der Waals surface area contributed by atoms with E-state index in [1.54, 1.807) is 0 Å². The molecule has 0 aromatic rings. The van der Waals surface area contributed by atoms with Crippen molar-refractivity contribution in [3.63, 3.8) is 0 Å². The minimum atomic E-state index is -0.859. The summed E-state index contributed by atoms with van der Waals surface area (Å²) in [6, 6.07) is -0.654. The van der Waals surface area contributed by atoms with E-state index in [4.69, 9.17) is 5.11 Å². The van der Waals surface area contributed by atoms with Crippen molar-refractivity contribution in [2.75, 3.05) is 20.6 Å². The number of carboxylic acids is 1. The number of hydrogen-bond acceptors (Lipinski definition) is 3. The van der Waals surface area contributed by atoms with Crippen LogP contribution in [0.1, 0.15) is 32.6 Å². The van der Waals surface area contributed by atoms with E-state index in [1.807, 2.05) is 0 Å². The Kier molecular flexibility index (Phi) is 5.35. The van der Waals surface area contributed by atoms with Crippen LogP contribution in [0.5, 0.6) is 0 Å². The lowest BCUT2D eigenvalue weighted by molar-refractivity contribution is -0.138. The van der Waals surface area contributed by atoms with Crippen molar-refractivity contribution in [3.8, 4) is 0 Å². The fourth-order valence-corrected chi connectivity index (χ4v) is 2.93. The highest BCUT2D eigenvalue weighted by Gasteiger charge is 2.37. The van der Waals surface area contributed by atoms with E-state index in [0.29, 0.717) is 12.5 Å². The van der Waals surface area contributed by atoms with Gasteiger partial charge < -0.3 is 10.0 Å². The second-order valence-corrected chi connectivity index (χ2v) is 5.75. The summed E-state index contributed by atoms with van der Waals surface area (Å²) >= 11 is 0. The highest BCUT2D eigenvalue weighted by molar-refractivity contribution is 5.75. The molecule has 4 nitrogen and oxygen atoms in total. The quantitative estimate of drug-likeness (QED) is 0.709. The number of rotatable bonds is 6. The second-order valence-electron chi connectivity index (χ2n) is 5.75. The molecule has 0 spiro atoms. The van der Waals surface area contributed by atoms with Gasteiger partial charge in [0.2, 0.25) is 0 Å². The topological polar surface area (TPSA) is 52.6 Å². The lowest BCUT2D eigenvalue weighted by Gasteiger charge is -2.45. The third-order valence-electron chi connectivity index (χ3n) is 4.17. The van der Waals surface area contributed by atoms with Gasteiger partial charge in [-0.1, -0.05) is 25.8 Å². The Morgan fingerprint density at radius 1 is 1.67 bits per heavy atom.